The summed E-state index contributed by atoms with van der Waals surface area (Å²) in [6.07, 6.45) is 6.57. The molecule has 0 aliphatic rings. The van der Waals surface area contributed by atoms with Crippen molar-refractivity contribution in [1.82, 2.24) is 0 Å². The van der Waals surface area contributed by atoms with Gasteiger partial charge in [0.25, 0.3) is 0 Å². The third-order valence-corrected chi connectivity index (χ3v) is 2.00. The molecule has 1 nitrogen and oxygen atoms in total. The van der Waals surface area contributed by atoms with Crippen molar-refractivity contribution in [3.63, 3.8) is 0 Å². The first-order chi connectivity index (χ1) is 4.77. The Morgan fingerprint density at radius 1 is 1.60 bits per heavy atom. The van der Waals surface area contributed by atoms with Crippen LogP contribution >= 0.6 is 11.8 Å². The minimum atomic E-state index is 0.723. The van der Waals surface area contributed by atoms with E-state index in [0.29, 0.717) is 0 Å². The van der Waals surface area contributed by atoms with Crippen molar-refractivity contribution in [3.05, 3.63) is 12.2 Å². The van der Waals surface area contributed by atoms with Gasteiger partial charge in [0.15, 0.2) is 0 Å². The van der Waals surface area contributed by atoms with Crippen LogP contribution in [0.2, 0.25) is 0 Å². The van der Waals surface area contributed by atoms with Gasteiger partial charge in [-0.25, -0.2) is 0 Å². The zero-order valence-electron chi connectivity index (χ0n) is 6.68. The van der Waals surface area contributed by atoms with E-state index in [1.807, 2.05) is 13.8 Å². The summed E-state index contributed by atoms with van der Waals surface area (Å²) in [6.45, 7) is 3.87. The fourth-order valence-electron chi connectivity index (χ4n) is 0.593. The largest absolute Gasteiger partial charge is 0.299 e. The molecule has 58 valence electrons. The highest BCUT2D eigenvalue weighted by atomic mass is 32.2. The Labute approximate surface area is 67.4 Å². The fourth-order valence-corrected chi connectivity index (χ4v) is 1.21. The van der Waals surface area contributed by atoms with E-state index in [4.69, 9.17) is 5.41 Å². The van der Waals surface area contributed by atoms with Gasteiger partial charge in [0.2, 0.25) is 0 Å². The van der Waals surface area contributed by atoms with Gasteiger partial charge in [0, 0.05) is 0 Å². The quantitative estimate of drug-likeness (QED) is 0.288. The van der Waals surface area contributed by atoms with Gasteiger partial charge in [0.1, 0.15) is 0 Å². The van der Waals surface area contributed by atoms with Crippen molar-refractivity contribution in [2.45, 2.75) is 26.7 Å². The van der Waals surface area contributed by atoms with Crippen molar-refractivity contribution < 1.29 is 0 Å². The van der Waals surface area contributed by atoms with Crippen LogP contribution in [0.25, 0.3) is 0 Å². The highest BCUT2D eigenvalue weighted by molar-refractivity contribution is 8.13. The third kappa shape index (κ3) is 7.76. The first-order valence-corrected chi connectivity index (χ1v) is 4.55. The summed E-state index contributed by atoms with van der Waals surface area (Å²) in [5, 5.41) is 7.84. The molecule has 0 saturated carbocycles. The smallest absolute Gasteiger partial charge is 0.0610 e. The zero-order chi connectivity index (χ0) is 7.82. The standard InChI is InChI=1S/C8H15NS/c1-3-4-5-6-7-10-8(2)9/h3-4,9H,5-7H2,1-2H3. The van der Waals surface area contributed by atoms with Gasteiger partial charge in [-0.1, -0.05) is 12.2 Å². The van der Waals surface area contributed by atoms with E-state index in [1.165, 1.54) is 6.42 Å². The molecule has 1 N–H and O–H groups in total. The maximum absolute atomic E-state index is 7.12. The van der Waals surface area contributed by atoms with Gasteiger partial charge in [-0.3, -0.25) is 5.41 Å². The molecule has 0 aliphatic carbocycles. The van der Waals surface area contributed by atoms with Crippen molar-refractivity contribution in [3.8, 4) is 0 Å². The van der Waals surface area contributed by atoms with E-state index in [1.54, 1.807) is 11.8 Å². The predicted octanol–water partition coefficient (Wildman–Crippen LogP) is 3.07. The Balaban J connectivity index is 2.98. The number of rotatable bonds is 4. The van der Waals surface area contributed by atoms with E-state index in [2.05, 4.69) is 12.2 Å². The molecule has 0 atom stereocenters. The molecule has 0 aromatic rings. The number of hydrogen-bond acceptors (Lipinski definition) is 2. The second kappa shape index (κ2) is 6.87. The van der Waals surface area contributed by atoms with Gasteiger partial charge >= 0.3 is 0 Å². The van der Waals surface area contributed by atoms with Gasteiger partial charge in [-0.15, -0.1) is 11.8 Å². The molecule has 0 saturated heterocycles. The van der Waals surface area contributed by atoms with Crippen molar-refractivity contribution >= 4 is 16.8 Å². The van der Waals surface area contributed by atoms with Crippen molar-refractivity contribution in [2.75, 3.05) is 5.75 Å². The maximum Gasteiger partial charge on any atom is 0.0610 e. The third-order valence-electron chi connectivity index (χ3n) is 1.07. The average Bonchev–Trinajstić information content (AvgIpc) is 1.87. The lowest BCUT2D eigenvalue weighted by atomic mass is 10.3. The van der Waals surface area contributed by atoms with Crippen molar-refractivity contribution in [1.29, 1.82) is 5.41 Å². The van der Waals surface area contributed by atoms with Crippen LogP contribution in [0.5, 0.6) is 0 Å². The molecule has 0 radical (unpaired) electrons. The molecule has 2 heteroatoms. The summed E-state index contributed by atoms with van der Waals surface area (Å²) < 4.78 is 0. The zero-order valence-corrected chi connectivity index (χ0v) is 7.50. The average molecular weight is 157 g/mol. The molecule has 0 aliphatic heterocycles. The monoisotopic (exact) mass is 157 g/mol. The second-order valence-electron chi connectivity index (χ2n) is 2.12. The lowest BCUT2D eigenvalue weighted by Crippen LogP contribution is -1.83. The molecule has 0 aromatic heterocycles. The minimum absolute atomic E-state index is 0.723. The molecule has 0 spiro atoms. The van der Waals surface area contributed by atoms with Crippen LogP contribution in [0.15, 0.2) is 12.2 Å². The number of thioether (sulfide) groups is 1. The molecular formula is C8H15NS. The first kappa shape index (κ1) is 9.76. The summed E-state index contributed by atoms with van der Waals surface area (Å²) in [4.78, 5) is 0. The lowest BCUT2D eigenvalue weighted by molar-refractivity contribution is 0.972. The van der Waals surface area contributed by atoms with E-state index in [9.17, 15) is 0 Å². The Kier molecular flexibility index (Phi) is 6.71. The Morgan fingerprint density at radius 2 is 2.30 bits per heavy atom. The Hall–Kier alpha value is -0.240. The summed E-state index contributed by atoms with van der Waals surface area (Å²) in [7, 11) is 0. The summed E-state index contributed by atoms with van der Waals surface area (Å²) in [5.41, 5.74) is 0. The highest BCUT2D eigenvalue weighted by Crippen LogP contribution is 2.05. The molecule has 0 amide bonds. The number of hydrogen-bond donors (Lipinski definition) is 1. The molecule has 0 fully saturated rings. The molecule has 10 heavy (non-hydrogen) atoms. The SMILES string of the molecule is CC=CCCCSC(C)=N. The first-order valence-electron chi connectivity index (χ1n) is 3.56. The number of nitrogens with one attached hydrogen (secondary N) is 1. The van der Waals surface area contributed by atoms with E-state index in [0.717, 1.165) is 17.2 Å². The fraction of sp³-hybridized carbons (Fsp3) is 0.625. The van der Waals surface area contributed by atoms with Gasteiger partial charge in [-0.2, -0.15) is 0 Å². The van der Waals surface area contributed by atoms with E-state index in [-0.39, 0.29) is 0 Å². The summed E-state index contributed by atoms with van der Waals surface area (Å²) in [6, 6.07) is 0. The molecule has 0 bridgehead atoms. The lowest BCUT2D eigenvalue weighted by Gasteiger charge is -1.94. The van der Waals surface area contributed by atoms with Crippen LogP contribution in [0.3, 0.4) is 0 Å². The molecular weight excluding hydrogens is 142 g/mol. The summed E-state index contributed by atoms with van der Waals surface area (Å²) >= 11 is 1.63. The molecule has 0 aromatic carbocycles. The Morgan fingerprint density at radius 3 is 2.80 bits per heavy atom. The Bertz CT molecular complexity index is 118. The van der Waals surface area contributed by atoms with Crippen LogP contribution in [0.1, 0.15) is 26.7 Å². The minimum Gasteiger partial charge on any atom is -0.299 e. The van der Waals surface area contributed by atoms with Crippen LogP contribution in [-0.2, 0) is 0 Å². The molecule has 0 rings (SSSR count). The van der Waals surface area contributed by atoms with E-state index >= 15 is 0 Å². The van der Waals surface area contributed by atoms with Crippen LogP contribution < -0.4 is 0 Å². The van der Waals surface area contributed by atoms with Gasteiger partial charge < -0.3 is 0 Å². The number of unbranched alkanes of at least 4 members (excludes halogenated alkanes) is 1. The maximum atomic E-state index is 7.12. The normalized spacial score (nSPS) is 10.6. The number of allylic oxidation sites excluding steroid dienone is 2. The highest BCUT2D eigenvalue weighted by Gasteiger charge is 1.87. The van der Waals surface area contributed by atoms with Gasteiger partial charge in [0.05, 0.1) is 5.04 Å². The topological polar surface area (TPSA) is 23.9 Å². The molecule has 0 unspecified atom stereocenters. The second-order valence-corrected chi connectivity index (χ2v) is 3.43. The van der Waals surface area contributed by atoms with Crippen LogP contribution in [-0.4, -0.2) is 10.8 Å². The van der Waals surface area contributed by atoms with Crippen LogP contribution in [0.4, 0.5) is 0 Å². The van der Waals surface area contributed by atoms with Gasteiger partial charge in [-0.05, 0) is 32.4 Å². The summed E-state index contributed by atoms with van der Waals surface area (Å²) in [5.74, 6) is 1.08. The molecule has 0 heterocycles. The predicted molar refractivity (Wildman–Crippen MR) is 49.9 cm³/mol. The van der Waals surface area contributed by atoms with E-state index < -0.39 is 0 Å². The van der Waals surface area contributed by atoms with Crippen LogP contribution in [0, 0.1) is 5.41 Å². The van der Waals surface area contributed by atoms with Crippen molar-refractivity contribution in [2.24, 2.45) is 0 Å².